The molecule has 0 aliphatic heterocycles. The molecule has 6 aliphatic rings. The molecular formula is C51H65FO3. The Kier molecular flexibility index (Phi) is 9.61. The molecule has 294 valence electrons. The topological polar surface area (TPSA) is 43.4 Å². The molecule has 3 nitrogen and oxygen atoms in total. The molecule has 0 aromatic heterocycles. The number of rotatable bonds is 8. The predicted molar refractivity (Wildman–Crippen MR) is 220 cm³/mol. The average Bonchev–Trinajstić information content (AvgIpc) is 3.48. The van der Waals surface area contributed by atoms with Gasteiger partial charge in [-0.3, -0.25) is 14.0 Å². The molecule has 55 heavy (non-hydrogen) atoms. The molecule has 0 heterocycles. The summed E-state index contributed by atoms with van der Waals surface area (Å²) in [6.45, 7) is 17.1. The van der Waals surface area contributed by atoms with Gasteiger partial charge in [-0.25, -0.2) is 0 Å². The van der Waals surface area contributed by atoms with Crippen LogP contribution in [0.1, 0.15) is 130 Å². The average molecular weight is 745 g/mol. The Bertz CT molecular complexity index is 1920. The lowest BCUT2D eigenvalue weighted by Crippen LogP contribution is -2.64. The van der Waals surface area contributed by atoms with E-state index in [-0.39, 0.29) is 70.4 Å². The third kappa shape index (κ3) is 5.83. The van der Waals surface area contributed by atoms with Crippen LogP contribution in [-0.4, -0.2) is 18.4 Å². The number of hydrogen-bond donors (Lipinski definition) is 0. The molecule has 0 spiro atoms. The van der Waals surface area contributed by atoms with Gasteiger partial charge in [-0.05, 0) is 149 Å². The van der Waals surface area contributed by atoms with Crippen LogP contribution in [0.3, 0.4) is 0 Å². The highest BCUT2D eigenvalue weighted by Crippen LogP contribution is 2.77. The monoisotopic (exact) mass is 744 g/mol. The maximum atomic E-state index is 14.8. The minimum atomic E-state index is -0.834. The zero-order valence-electron chi connectivity index (χ0n) is 34.7. The maximum Gasteiger partial charge on any atom is 0.317 e. The van der Waals surface area contributed by atoms with Crippen LogP contribution in [0.4, 0.5) is 4.39 Å². The number of halogens is 1. The van der Waals surface area contributed by atoms with E-state index in [0.717, 1.165) is 62.5 Å². The molecule has 4 heteroatoms. The summed E-state index contributed by atoms with van der Waals surface area (Å²) < 4.78 is 20.9. The third-order valence-electron chi connectivity index (χ3n) is 17.4. The van der Waals surface area contributed by atoms with Crippen molar-refractivity contribution < 1.29 is 18.7 Å². The lowest BCUT2D eigenvalue weighted by Gasteiger charge is -2.71. The van der Waals surface area contributed by atoms with Gasteiger partial charge in [0.2, 0.25) is 0 Å². The fourth-order valence-corrected chi connectivity index (χ4v) is 14.4. The number of allylic oxidation sites excluding steroid dienone is 5. The molecule has 2 aromatic rings. The van der Waals surface area contributed by atoms with Gasteiger partial charge in [0.05, 0.1) is 12.1 Å². The largest absolute Gasteiger partial charge is 0.460 e. The van der Waals surface area contributed by atoms with E-state index in [0.29, 0.717) is 18.3 Å². The minimum absolute atomic E-state index is 0.0122. The van der Waals surface area contributed by atoms with Gasteiger partial charge in [0.1, 0.15) is 6.61 Å². The van der Waals surface area contributed by atoms with Crippen LogP contribution < -0.4 is 0 Å². The number of ether oxygens (including phenoxy) is 1. The second-order valence-corrected chi connectivity index (χ2v) is 20.6. The normalized spacial score (nSPS) is 38.0. The van der Waals surface area contributed by atoms with E-state index in [1.165, 1.54) is 35.1 Å². The van der Waals surface area contributed by atoms with Crippen molar-refractivity contribution in [3.8, 4) is 0 Å². The Hall–Kier alpha value is -3.27. The van der Waals surface area contributed by atoms with Crippen molar-refractivity contribution >= 4 is 11.8 Å². The van der Waals surface area contributed by atoms with Gasteiger partial charge in [-0.15, -0.1) is 0 Å². The first kappa shape index (κ1) is 38.6. The Balaban J connectivity index is 1.08. The number of Topliss-reactive ketones (excluding diaryl/α,β-unsaturated/α-hetero) is 1. The summed E-state index contributed by atoms with van der Waals surface area (Å²) in [5.74, 6) is 1.38. The second-order valence-electron chi connectivity index (χ2n) is 20.6. The van der Waals surface area contributed by atoms with Crippen LogP contribution in [0, 0.1) is 56.2 Å². The van der Waals surface area contributed by atoms with E-state index < -0.39 is 5.41 Å². The SMILES string of the molecule is CC(C)C1=C2[C@H]3CC[C@@H]4[C@@]5(C)CC=C(C6=CC[C@](CF)(Cc7ccccc7)CC6)C(C)(C)[C@@H]5CC[C@@]4(C)[C@]3(C)CC[C@@]2(C(=O)OCc2ccccc2)CC1=O. The van der Waals surface area contributed by atoms with Crippen molar-refractivity contribution in [1.82, 2.24) is 0 Å². The molecule has 0 bridgehead atoms. The van der Waals surface area contributed by atoms with Crippen molar-refractivity contribution in [1.29, 1.82) is 0 Å². The zero-order valence-corrected chi connectivity index (χ0v) is 34.7. The quantitative estimate of drug-likeness (QED) is 0.253. The number of benzene rings is 2. The molecule has 0 saturated heterocycles. The van der Waals surface area contributed by atoms with Gasteiger partial charge in [0.25, 0.3) is 0 Å². The number of carbonyl (C=O) groups excluding carboxylic acids is 2. The summed E-state index contributed by atoms with van der Waals surface area (Å²) in [5, 5.41) is 0. The van der Waals surface area contributed by atoms with Crippen molar-refractivity contribution in [2.75, 3.05) is 6.67 Å². The number of alkyl halides is 1. The number of ketones is 1. The molecule has 8 rings (SSSR count). The highest BCUT2D eigenvalue weighted by atomic mass is 19.1. The summed E-state index contributed by atoms with van der Waals surface area (Å²) in [6, 6.07) is 20.4. The van der Waals surface area contributed by atoms with E-state index in [2.05, 4.69) is 84.9 Å². The van der Waals surface area contributed by atoms with Crippen molar-refractivity contribution in [2.24, 2.45) is 56.2 Å². The highest BCUT2D eigenvalue weighted by molar-refractivity contribution is 6.06. The van der Waals surface area contributed by atoms with Gasteiger partial charge < -0.3 is 4.74 Å². The van der Waals surface area contributed by atoms with Gasteiger partial charge in [0, 0.05) is 11.8 Å². The Morgan fingerprint density at radius 2 is 1.49 bits per heavy atom. The minimum Gasteiger partial charge on any atom is -0.460 e. The first-order chi connectivity index (χ1) is 26.1. The summed E-state index contributed by atoms with van der Waals surface area (Å²) >= 11 is 0. The molecule has 8 atom stereocenters. The number of carbonyl (C=O) groups is 2. The lowest BCUT2D eigenvalue weighted by atomic mass is 9.33. The first-order valence-electron chi connectivity index (χ1n) is 21.6. The van der Waals surface area contributed by atoms with Gasteiger partial charge in [0.15, 0.2) is 5.78 Å². The molecule has 6 aliphatic carbocycles. The molecular weight excluding hydrogens is 680 g/mol. The summed E-state index contributed by atoms with van der Waals surface area (Å²) in [6.07, 6.45) is 16.0. The standard InChI is InChI=1S/C51H65FO3/c1-34(2)43-40(53)31-51(45(54)55-32-36-16-12-9-13-17-36)29-28-48(6)39(44(43)51)18-19-42-47(5)24-22-38(46(3,4)41(47)23-25-49(42,48)7)37-20-26-50(33-52,27-21-37)30-35-14-10-8-11-15-35/h8-17,20,22,34,39,41-42H,18-19,21,23-33H2,1-7H3/t39-,41+,42-,47+,48-,49-,50-,51-/m1/s1. The molecule has 3 fully saturated rings. The Labute approximate surface area is 330 Å². The molecule has 0 radical (unpaired) electrons. The van der Waals surface area contributed by atoms with E-state index in [4.69, 9.17) is 4.74 Å². The number of hydrogen-bond acceptors (Lipinski definition) is 3. The number of fused-ring (bicyclic) bond motifs is 7. The summed E-state index contributed by atoms with van der Waals surface area (Å²) in [7, 11) is 0. The molecule has 2 aromatic carbocycles. The van der Waals surface area contributed by atoms with Crippen LogP contribution in [0.2, 0.25) is 0 Å². The van der Waals surface area contributed by atoms with Gasteiger partial charge in [-0.1, -0.05) is 121 Å². The van der Waals surface area contributed by atoms with E-state index >= 15 is 0 Å². The molecule has 0 N–H and O–H groups in total. The lowest BCUT2D eigenvalue weighted by molar-refractivity contribution is -0.202. The highest BCUT2D eigenvalue weighted by Gasteiger charge is 2.70. The zero-order chi connectivity index (χ0) is 39.0. The summed E-state index contributed by atoms with van der Waals surface area (Å²) in [4.78, 5) is 28.4. The van der Waals surface area contributed by atoms with Crippen molar-refractivity contribution in [3.05, 3.63) is 106 Å². The molecule has 3 saturated carbocycles. The van der Waals surface area contributed by atoms with Crippen LogP contribution in [0.5, 0.6) is 0 Å². The van der Waals surface area contributed by atoms with Crippen LogP contribution >= 0.6 is 0 Å². The Morgan fingerprint density at radius 3 is 2.13 bits per heavy atom. The van der Waals surface area contributed by atoms with E-state index in [9.17, 15) is 14.0 Å². The van der Waals surface area contributed by atoms with Crippen molar-refractivity contribution in [3.63, 3.8) is 0 Å². The van der Waals surface area contributed by atoms with Crippen molar-refractivity contribution in [2.45, 2.75) is 132 Å². The van der Waals surface area contributed by atoms with Gasteiger partial charge >= 0.3 is 5.97 Å². The van der Waals surface area contributed by atoms with E-state index in [1.807, 2.05) is 36.4 Å². The maximum absolute atomic E-state index is 14.8. The van der Waals surface area contributed by atoms with E-state index in [1.54, 1.807) is 0 Å². The fourth-order valence-electron chi connectivity index (χ4n) is 14.4. The smallest absolute Gasteiger partial charge is 0.317 e. The third-order valence-corrected chi connectivity index (χ3v) is 17.4. The molecule has 0 unspecified atom stereocenters. The Morgan fingerprint density at radius 1 is 0.800 bits per heavy atom. The predicted octanol–water partition coefficient (Wildman–Crippen LogP) is 12.6. The van der Waals surface area contributed by atoms with Crippen LogP contribution in [-0.2, 0) is 27.4 Å². The fraction of sp³-hybridized carbons (Fsp3) is 0.608. The first-order valence-corrected chi connectivity index (χ1v) is 21.6. The second kappa shape index (κ2) is 13.7. The van der Waals surface area contributed by atoms with Gasteiger partial charge in [-0.2, -0.15) is 0 Å². The van der Waals surface area contributed by atoms with Crippen LogP contribution in [0.15, 0.2) is 95.1 Å². The van der Waals surface area contributed by atoms with Crippen LogP contribution in [0.25, 0.3) is 0 Å². The molecule has 0 amide bonds. The number of esters is 1. The summed E-state index contributed by atoms with van der Waals surface area (Å²) in [5.41, 5.74) is 6.44.